The van der Waals surface area contributed by atoms with Crippen LogP contribution in [-0.2, 0) is 0 Å². The van der Waals surface area contributed by atoms with E-state index in [1.807, 2.05) is 0 Å². The summed E-state index contributed by atoms with van der Waals surface area (Å²) in [5.41, 5.74) is 0.0596. The summed E-state index contributed by atoms with van der Waals surface area (Å²) < 4.78 is 30.8. The Morgan fingerprint density at radius 2 is 2.00 bits per heavy atom. The summed E-state index contributed by atoms with van der Waals surface area (Å²) in [4.78, 5) is 12.1. The highest BCUT2D eigenvalue weighted by molar-refractivity contribution is 7.08. The zero-order valence-electron chi connectivity index (χ0n) is 9.12. The number of hydrogen-bond donors (Lipinski definition) is 0. The molecule has 17 heavy (non-hydrogen) atoms. The molecule has 0 N–H and O–H groups in total. The zero-order valence-corrected chi connectivity index (χ0v) is 9.94. The highest BCUT2D eigenvalue weighted by Gasteiger charge is 2.23. The molecule has 0 fully saturated rings. The lowest BCUT2D eigenvalue weighted by Gasteiger charge is -2.04. The number of ketones is 1. The van der Waals surface area contributed by atoms with Gasteiger partial charge in [0.05, 0.1) is 11.3 Å². The standard InChI is InChI=1S/C11H8F2N2OS/c1-5-3-4-7(12)8(9(5)13)10(16)11-6(2)14-15-17-11/h3-4H,1-2H3. The zero-order chi connectivity index (χ0) is 12.6. The van der Waals surface area contributed by atoms with Gasteiger partial charge in [0.15, 0.2) is 0 Å². The summed E-state index contributed by atoms with van der Waals surface area (Å²) >= 11 is 0.832. The molecule has 1 aromatic heterocycles. The van der Waals surface area contributed by atoms with Gasteiger partial charge < -0.3 is 0 Å². The third-order valence-electron chi connectivity index (χ3n) is 2.37. The Kier molecular flexibility index (Phi) is 2.97. The summed E-state index contributed by atoms with van der Waals surface area (Å²) in [6, 6.07) is 2.37. The molecule has 88 valence electrons. The van der Waals surface area contributed by atoms with Gasteiger partial charge in [-0.1, -0.05) is 10.6 Å². The highest BCUT2D eigenvalue weighted by atomic mass is 32.1. The van der Waals surface area contributed by atoms with Crippen molar-refractivity contribution < 1.29 is 13.6 Å². The molecule has 0 atom stereocenters. The number of nitrogens with zero attached hydrogens (tertiary/aromatic N) is 2. The summed E-state index contributed by atoms with van der Waals surface area (Å²) in [5.74, 6) is -2.41. The Morgan fingerprint density at radius 3 is 2.59 bits per heavy atom. The summed E-state index contributed by atoms with van der Waals surface area (Å²) in [6.45, 7) is 3.05. The lowest BCUT2D eigenvalue weighted by molar-refractivity contribution is 0.103. The normalized spacial score (nSPS) is 10.6. The van der Waals surface area contributed by atoms with Crippen molar-refractivity contribution in [2.45, 2.75) is 13.8 Å². The second kappa shape index (κ2) is 4.29. The third kappa shape index (κ3) is 1.95. The molecule has 0 saturated carbocycles. The smallest absolute Gasteiger partial charge is 0.212 e. The van der Waals surface area contributed by atoms with Crippen LogP contribution in [0.25, 0.3) is 0 Å². The number of carbonyl (C=O) groups is 1. The Labute approximate surface area is 100 Å². The van der Waals surface area contributed by atoms with Crippen LogP contribution in [0.4, 0.5) is 8.78 Å². The Hall–Kier alpha value is -1.69. The molecule has 0 saturated heterocycles. The number of aryl methyl sites for hydroxylation is 2. The van der Waals surface area contributed by atoms with Crippen LogP contribution < -0.4 is 0 Å². The van der Waals surface area contributed by atoms with Crippen LogP contribution in [0.2, 0.25) is 0 Å². The molecule has 0 amide bonds. The lowest BCUT2D eigenvalue weighted by Crippen LogP contribution is -2.08. The van der Waals surface area contributed by atoms with Gasteiger partial charge in [0.1, 0.15) is 16.5 Å². The molecule has 0 radical (unpaired) electrons. The minimum absolute atomic E-state index is 0.161. The van der Waals surface area contributed by atoms with Crippen molar-refractivity contribution in [2.24, 2.45) is 0 Å². The number of rotatable bonds is 2. The third-order valence-corrected chi connectivity index (χ3v) is 3.20. The average molecular weight is 254 g/mol. The SMILES string of the molecule is Cc1ccc(F)c(C(=O)c2snnc2C)c1F. The van der Waals surface area contributed by atoms with Gasteiger partial charge in [-0.2, -0.15) is 0 Å². The molecule has 0 aliphatic rings. The van der Waals surface area contributed by atoms with E-state index in [9.17, 15) is 13.6 Å². The Morgan fingerprint density at radius 1 is 1.29 bits per heavy atom. The van der Waals surface area contributed by atoms with Gasteiger partial charge in [-0.3, -0.25) is 4.79 Å². The summed E-state index contributed by atoms with van der Waals surface area (Å²) in [5, 5.41) is 3.65. The van der Waals surface area contributed by atoms with Crippen molar-refractivity contribution in [2.75, 3.05) is 0 Å². The van der Waals surface area contributed by atoms with Gasteiger partial charge in [-0.15, -0.1) is 5.10 Å². The molecule has 6 heteroatoms. The average Bonchev–Trinajstić information content (AvgIpc) is 2.70. The van der Waals surface area contributed by atoms with Gasteiger partial charge in [0.2, 0.25) is 5.78 Å². The Balaban J connectivity index is 2.59. The summed E-state index contributed by atoms with van der Waals surface area (Å²) in [6.07, 6.45) is 0. The van der Waals surface area contributed by atoms with Gasteiger partial charge >= 0.3 is 0 Å². The van der Waals surface area contributed by atoms with Crippen LogP contribution >= 0.6 is 11.5 Å². The van der Waals surface area contributed by atoms with E-state index >= 15 is 0 Å². The largest absolute Gasteiger partial charge is 0.287 e. The first-order valence-electron chi connectivity index (χ1n) is 4.80. The topological polar surface area (TPSA) is 42.9 Å². The molecule has 1 heterocycles. The molecule has 0 aliphatic carbocycles. The number of carbonyl (C=O) groups excluding carboxylic acids is 1. The molecule has 0 aliphatic heterocycles. The van der Waals surface area contributed by atoms with E-state index in [4.69, 9.17) is 0 Å². The van der Waals surface area contributed by atoms with Gasteiger partial charge in [-0.25, -0.2) is 8.78 Å². The van der Waals surface area contributed by atoms with E-state index in [2.05, 4.69) is 9.59 Å². The lowest BCUT2D eigenvalue weighted by atomic mass is 10.0. The number of aromatic nitrogens is 2. The molecule has 0 unspecified atom stereocenters. The van der Waals surface area contributed by atoms with Crippen LogP contribution in [0.5, 0.6) is 0 Å². The number of benzene rings is 1. The first-order chi connectivity index (χ1) is 8.02. The summed E-state index contributed by atoms with van der Waals surface area (Å²) in [7, 11) is 0. The van der Waals surface area contributed by atoms with E-state index in [0.29, 0.717) is 5.69 Å². The minimum atomic E-state index is -0.870. The van der Waals surface area contributed by atoms with Crippen molar-refractivity contribution >= 4 is 17.3 Å². The predicted molar refractivity (Wildman–Crippen MR) is 59.2 cm³/mol. The maximum Gasteiger partial charge on any atom is 0.212 e. The van der Waals surface area contributed by atoms with Crippen LogP contribution in [0.1, 0.15) is 26.5 Å². The first kappa shape index (κ1) is 11.8. The highest BCUT2D eigenvalue weighted by Crippen LogP contribution is 2.22. The second-order valence-corrected chi connectivity index (χ2v) is 4.32. The van der Waals surface area contributed by atoms with E-state index in [1.165, 1.54) is 13.0 Å². The van der Waals surface area contributed by atoms with E-state index in [0.717, 1.165) is 17.6 Å². The van der Waals surface area contributed by atoms with Crippen LogP contribution in [0.3, 0.4) is 0 Å². The molecule has 3 nitrogen and oxygen atoms in total. The fraction of sp³-hybridized carbons (Fsp3) is 0.182. The maximum absolute atomic E-state index is 13.7. The molecule has 2 rings (SSSR count). The van der Waals surface area contributed by atoms with Crippen molar-refractivity contribution in [3.05, 3.63) is 45.5 Å². The predicted octanol–water partition coefficient (Wildman–Crippen LogP) is 2.66. The Bertz CT molecular complexity index is 595. The molecule has 1 aromatic carbocycles. The van der Waals surface area contributed by atoms with Crippen LogP contribution in [-0.4, -0.2) is 15.4 Å². The first-order valence-corrected chi connectivity index (χ1v) is 5.58. The quantitative estimate of drug-likeness (QED) is 0.774. The second-order valence-electron chi connectivity index (χ2n) is 3.57. The van der Waals surface area contributed by atoms with Gasteiger partial charge in [0, 0.05) is 0 Å². The van der Waals surface area contributed by atoms with Crippen LogP contribution in [0, 0.1) is 25.5 Å². The molecular weight excluding hydrogens is 246 g/mol. The molecule has 0 bridgehead atoms. The van der Waals surface area contributed by atoms with E-state index in [-0.39, 0.29) is 10.4 Å². The fourth-order valence-corrected chi connectivity index (χ4v) is 2.02. The molecule has 2 aromatic rings. The van der Waals surface area contributed by atoms with Crippen molar-refractivity contribution in [1.82, 2.24) is 9.59 Å². The van der Waals surface area contributed by atoms with Crippen LogP contribution in [0.15, 0.2) is 12.1 Å². The van der Waals surface area contributed by atoms with Gasteiger partial charge in [0.25, 0.3) is 0 Å². The van der Waals surface area contributed by atoms with Crippen molar-refractivity contribution in [3.8, 4) is 0 Å². The number of hydrogen-bond acceptors (Lipinski definition) is 4. The monoisotopic (exact) mass is 254 g/mol. The maximum atomic E-state index is 13.7. The minimum Gasteiger partial charge on any atom is -0.287 e. The molecular formula is C11H8F2N2OS. The fourth-order valence-electron chi connectivity index (χ4n) is 1.42. The van der Waals surface area contributed by atoms with E-state index in [1.54, 1.807) is 6.92 Å². The van der Waals surface area contributed by atoms with E-state index < -0.39 is 23.0 Å². The van der Waals surface area contributed by atoms with Gasteiger partial charge in [-0.05, 0) is 37.0 Å². The number of halogens is 2. The molecule has 0 spiro atoms. The van der Waals surface area contributed by atoms with Crippen molar-refractivity contribution in [3.63, 3.8) is 0 Å². The van der Waals surface area contributed by atoms with Crippen molar-refractivity contribution in [1.29, 1.82) is 0 Å².